The number of fused-ring (bicyclic) bond motifs is 1. The predicted octanol–water partition coefficient (Wildman–Crippen LogP) is 6.36. The molecular formula is C29H27ClN4O4S. The number of phenolic OH excluding ortho intramolecular Hbond substituents is 1. The first kappa shape index (κ1) is 26.6. The second kappa shape index (κ2) is 11.8. The molecule has 1 aliphatic rings. The van der Waals surface area contributed by atoms with E-state index in [0.29, 0.717) is 51.1 Å². The number of nitrogens with zero attached hydrogens (tertiary/aromatic N) is 3. The van der Waals surface area contributed by atoms with Gasteiger partial charge in [-0.3, -0.25) is 0 Å². The van der Waals surface area contributed by atoms with Crippen molar-refractivity contribution in [2.45, 2.75) is 37.4 Å². The third-order valence-electron chi connectivity index (χ3n) is 6.18. The summed E-state index contributed by atoms with van der Waals surface area (Å²) in [4.78, 5) is 18.2. The van der Waals surface area contributed by atoms with Crippen molar-refractivity contribution in [3.05, 3.63) is 106 Å². The van der Waals surface area contributed by atoms with Crippen molar-refractivity contribution in [2.24, 2.45) is 0 Å². The van der Waals surface area contributed by atoms with Crippen LogP contribution in [-0.4, -0.2) is 32.4 Å². The van der Waals surface area contributed by atoms with E-state index in [-0.39, 0.29) is 12.4 Å². The van der Waals surface area contributed by atoms with Crippen LogP contribution in [0.3, 0.4) is 0 Å². The molecule has 10 heteroatoms. The summed E-state index contributed by atoms with van der Waals surface area (Å²) in [5.74, 6) is 0.924. The number of hydrogen-bond donors (Lipinski definition) is 2. The number of anilines is 1. The van der Waals surface area contributed by atoms with Crippen LogP contribution >= 0.6 is 23.4 Å². The second-order valence-electron chi connectivity index (χ2n) is 8.83. The highest BCUT2D eigenvalue weighted by Gasteiger charge is 2.36. The number of carbonyl (C=O) groups excluding carboxylic acids is 1. The maximum absolute atomic E-state index is 13.5. The van der Waals surface area contributed by atoms with E-state index in [9.17, 15) is 9.90 Å². The van der Waals surface area contributed by atoms with Crippen LogP contribution in [0.25, 0.3) is 0 Å². The highest BCUT2D eigenvalue weighted by atomic mass is 35.5. The summed E-state index contributed by atoms with van der Waals surface area (Å²) in [7, 11) is 0. The van der Waals surface area contributed by atoms with Gasteiger partial charge in [0.15, 0.2) is 11.5 Å². The van der Waals surface area contributed by atoms with Gasteiger partial charge in [-0.1, -0.05) is 78.0 Å². The summed E-state index contributed by atoms with van der Waals surface area (Å²) >= 11 is 7.78. The molecule has 5 rings (SSSR count). The van der Waals surface area contributed by atoms with Crippen molar-refractivity contribution in [1.29, 1.82) is 0 Å². The number of thioether (sulfide) groups is 1. The minimum Gasteiger partial charge on any atom is -0.504 e. The molecule has 200 valence electrons. The van der Waals surface area contributed by atoms with Crippen LogP contribution < -0.4 is 10.1 Å². The van der Waals surface area contributed by atoms with E-state index in [0.717, 1.165) is 11.1 Å². The third kappa shape index (κ3) is 5.89. The molecule has 1 aliphatic heterocycles. The molecule has 39 heavy (non-hydrogen) atoms. The van der Waals surface area contributed by atoms with E-state index in [2.05, 4.69) is 10.3 Å². The molecule has 0 aliphatic carbocycles. The molecule has 8 nitrogen and oxygen atoms in total. The number of rotatable bonds is 9. The Morgan fingerprint density at radius 2 is 1.90 bits per heavy atom. The van der Waals surface area contributed by atoms with Crippen LogP contribution in [-0.2, 0) is 21.9 Å². The number of allylic oxidation sites excluding steroid dienone is 1. The van der Waals surface area contributed by atoms with Gasteiger partial charge in [0.05, 0.1) is 12.2 Å². The summed E-state index contributed by atoms with van der Waals surface area (Å²) < 4.78 is 13.0. The van der Waals surface area contributed by atoms with E-state index in [1.54, 1.807) is 22.9 Å². The standard InChI is InChI=1S/C29H27ClN4O4S/c1-3-37-24-15-20(13-14-23(24)35)26-25(27(36)38-16-19-9-5-4-6-10-19)18(2)31-28-32-29(33-34(26)28)39-17-21-11-7-8-12-22(21)30/h4-15,26,35H,3,16-17H2,1-2H3,(H,31,32,33). The molecule has 1 aromatic heterocycles. The topological polar surface area (TPSA) is 98.5 Å². The Morgan fingerprint density at radius 1 is 1.13 bits per heavy atom. The average molecular weight is 563 g/mol. The number of halogens is 1. The third-order valence-corrected chi connectivity index (χ3v) is 7.44. The van der Waals surface area contributed by atoms with Gasteiger partial charge in [0, 0.05) is 16.5 Å². The normalized spacial score (nSPS) is 14.5. The molecule has 0 spiro atoms. The number of ether oxygens (including phenoxy) is 2. The van der Waals surface area contributed by atoms with Gasteiger partial charge in [-0.25, -0.2) is 9.48 Å². The first-order valence-electron chi connectivity index (χ1n) is 12.4. The molecular weight excluding hydrogens is 536 g/mol. The van der Waals surface area contributed by atoms with Gasteiger partial charge in [-0.15, -0.1) is 5.10 Å². The molecule has 2 heterocycles. The van der Waals surface area contributed by atoms with Gasteiger partial charge in [0.1, 0.15) is 12.6 Å². The highest BCUT2D eigenvalue weighted by Crippen LogP contribution is 2.40. The zero-order valence-electron chi connectivity index (χ0n) is 21.4. The minimum absolute atomic E-state index is 0.0123. The molecule has 4 aromatic rings. The number of benzene rings is 3. The van der Waals surface area contributed by atoms with Crippen LogP contribution in [0.5, 0.6) is 11.5 Å². The molecule has 0 saturated carbocycles. The summed E-state index contributed by atoms with van der Waals surface area (Å²) in [5, 5.41) is 19.5. The lowest BCUT2D eigenvalue weighted by atomic mass is 9.95. The average Bonchev–Trinajstić information content (AvgIpc) is 3.35. The zero-order valence-corrected chi connectivity index (χ0v) is 23.0. The van der Waals surface area contributed by atoms with Gasteiger partial charge < -0.3 is 19.9 Å². The second-order valence-corrected chi connectivity index (χ2v) is 10.2. The Kier molecular flexibility index (Phi) is 8.09. The lowest BCUT2D eigenvalue weighted by molar-refractivity contribution is -0.140. The van der Waals surface area contributed by atoms with Gasteiger partial charge in [0.2, 0.25) is 11.1 Å². The number of aromatic hydroxyl groups is 1. The van der Waals surface area contributed by atoms with E-state index in [4.69, 9.17) is 26.2 Å². The minimum atomic E-state index is -0.661. The molecule has 1 atom stereocenters. The van der Waals surface area contributed by atoms with Gasteiger partial charge >= 0.3 is 5.97 Å². The van der Waals surface area contributed by atoms with Crippen molar-refractivity contribution >= 4 is 35.3 Å². The smallest absolute Gasteiger partial charge is 0.338 e. The van der Waals surface area contributed by atoms with Crippen molar-refractivity contribution in [3.63, 3.8) is 0 Å². The number of esters is 1. The van der Waals surface area contributed by atoms with Crippen LogP contribution in [0.4, 0.5) is 5.95 Å². The molecule has 1 unspecified atom stereocenters. The molecule has 2 N–H and O–H groups in total. The summed E-state index contributed by atoms with van der Waals surface area (Å²) in [6.45, 7) is 4.16. The lowest BCUT2D eigenvalue weighted by Crippen LogP contribution is -2.29. The van der Waals surface area contributed by atoms with Gasteiger partial charge in [-0.2, -0.15) is 4.98 Å². The van der Waals surface area contributed by atoms with Crippen molar-refractivity contribution in [3.8, 4) is 11.5 Å². The Bertz CT molecular complexity index is 1520. The van der Waals surface area contributed by atoms with E-state index < -0.39 is 12.0 Å². The fraction of sp³-hybridized carbons (Fsp3) is 0.207. The number of carbonyl (C=O) groups is 1. The Balaban J connectivity index is 1.49. The fourth-order valence-electron chi connectivity index (χ4n) is 4.30. The Hall–Kier alpha value is -3.95. The number of nitrogens with one attached hydrogen (secondary N) is 1. The number of hydrogen-bond acceptors (Lipinski definition) is 8. The molecule has 0 saturated heterocycles. The quantitative estimate of drug-likeness (QED) is 0.180. The van der Waals surface area contributed by atoms with Crippen molar-refractivity contribution in [1.82, 2.24) is 14.8 Å². The molecule has 0 radical (unpaired) electrons. The highest BCUT2D eigenvalue weighted by molar-refractivity contribution is 7.98. The Labute approximate surface area is 235 Å². The van der Waals surface area contributed by atoms with E-state index in [1.165, 1.54) is 11.8 Å². The molecule has 0 amide bonds. The monoisotopic (exact) mass is 562 g/mol. The molecule has 3 aromatic carbocycles. The van der Waals surface area contributed by atoms with E-state index >= 15 is 0 Å². The van der Waals surface area contributed by atoms with E-state index in [1.807, 2.05) is 68.4 Å². The van der Waals surface area contributed by atoms with Crippen LogP contribution in [0.15, 0.2) is 89.2 Å². The molecule has 0 bridgehead atoms. The lowest BCUT2D eigenvalue weighted by Gasteiger charge is -2.28. The number of phenols is 1. The maximum atomic E-state index is 13.5. The van der Waals surface area contributed by atoms with Crippen molar-refractivity contribution < 1.29 is 19.4 Å². The Morgan fingerprint density at radius 3 is 2.67 bits per heavy atom. The van der Waals surface area contributed by atoms with Crippen LogP contribution in [0.2, 0.25) is 5.02 Å². The largest absolute Gasteiger partial charge is 0.504 e. The first-order valence-corrected chi connectivity index (χ1v) is 13.8. The predicted molar refractivity (Wildman–Crippen MR) is 151 cm³/mol. The van der Waals surface area contributed by atoms with Gasteiger partial charge in [-0.05, 0) is 48.7 Å². The molecule has 0 fully saturated rings. The summed E-state index contributed by atoms with van der Waals surface area (Å²) in [5.41, 5.74) is 3.54. The van der Waals surface area contributed by atoms with Crippen LogP contribution in [0, 0.1) is 0 Å². The van der Waals surface area contributed by atoms with Gasteiger partial charge in [0.25, 0.3) is 0 Å². The maximum Gasteiger partial charge on any atom is 0.338 e. The summed E-state index contributed by atoms with van der Waals surface area (Å²) in [6, 6.07) is 21.5. The number of aromatic nitrogens is 3. The van der Waals surface area contributed by atoms with Crippen molar-refractivity contribution in [2.75, 3.05) is 11.9 Å². The first-order chi connectivity index (χ1) is 18.9. The zero-order chi connectivity index (χ0) is 27.4. The van der Waals surface area contributed by atoms with Crippen LogP contribution in [0.1, 0.15) is 36.6 Å². The summed E-state index contributed by atoms with van der Waals surface area (Å²) in [6.07, 6.45) is 0. The SMILES string of the molecule is CCOc1cc(C2C(C(=O)OCc3ccccc3)=C(C)Nc3nc(SCc4ccccc4Cl)nn32)ccc1O. The fourth-order valence-corrected chi connectivity index (χ4v) is 5.41.